The first kappa shape index (κ1) is 19.2. The molecular weight excluding hydrogens is 416 g/mol. The standard InChI is InChI=1S/C24H17ClN2O4/c25-15-5-8-17(9-6-15)27-14-20(18-3-1-2-4-19(18)24(27)29)23(28)26-16-7-10-21-22(13-16)31-12-11-30-21/h1-10,13-14H,11-12H2,(H,26,28). The zero-order chi connectivity index (χ0) is 21.4. The minimum Gasteiger partial charge on any atom is -0.486 e. The maximum atomic E-state index is 13.2. The number of nitrogens with zero attached hydrogens (tertiary/aromatic N) is 1. The van der Waals surface area contributed by atoms with Gasteiger partial charge in [0, 0.05) is 39.4 Å². The Labute approximate surface area is 182 Å². The van der Waals surface area contributed by atoms with Crippen LogP contribution in [0.3, 0.4) is 0 Å². The smallest absolute Gasteiger partial charge is 0.262 e. The van der Waals surface area contributed by atoms with Gasteiger partial charge in [-0.25, -0.2) is 0 Å². The van der Waals surface area contributed by atoms with E-state index in [0.29, 0.717) is 57.4 Å². The average molecular weight is 433 g/mol. The van der Waals surface area contributed by atoms with Crippen LogP contribution in [-0.4, -0.2) is 23.7 Å². The third kappa shape index (κ3) is 3.62. The van der Waals surface area contributed by atoms with Crippen molar-refractivity contribution < 1.29 is 14.3 Å². The predicted octanol–water partition coefficient (Wildman–Crippen LogP) is 4.67. The first-order valence-corrected chi connectivity index (χ1v) is 10.1. The number of rotatable bonds is 3. The van der Waals surface area contributed by atoms with Crippen LogP contribution < -0.4 is 20.3 Å². The number of carbonyl (C=O) groups is 1. The van der Waals surface area contributed by atoms with E-state index in [2.05, 4.69) is 5.32 Å². The molecule has 0 spiro atoms. The number of pyridine rings is 1. The van der Waals surface area contributed by atoms with Crippen LogP contribution in [-0.2, 0) is 0 Å². The lowest BCUT2D eigenvalue weighted by Gasteiger charge is -2.19. The molecule has 1 aromatic heterocycles. The molecule has 154 valence electrons. The van der Waals surface area contributed by atoms with Crippen molar-refractivity contribution in [2.75, 3.05) is 18.5 Å². The fraction of sp³-hybridized carbons (Fsp3) is 0.0833. The summed E-state index contributed by atoms with van der Waals surface area (Å²) >= 11 is 5.99. The Balaban J connectivity index is 1.58. The lowest BCUT2D eigenvalue weighted by atomic mass is 10.1. The van der Waals surface area contributed by atoms with Crippen molar-refractivity contribution in [3.63, 3.8) is 0 Å². The summed E-state index contributed by atoms with van der Waals surface area (Å²) in [5.74, 6) is 0.890. The number of ether oxygens (including phenoxy) is 2. The molecule has 1 N–H and O–H groups in total. The Morgan fingerprint density at radius 2 is 1.61 bits per heavy atom. The predicted molar refractivity (Wildman–Crippen MR) is 120 cm³/mol. The molecule has 31 heavy (non-hydrogen) atoms. The van der Waals surface area contributed by atoms with Crippen LogP contribution in [0.2, 0.25) is 5.02 Å². The molecule has 3 aromatic carbocycles. The lowest BCUT2D eigenvalue weighted by molar-refractivity contribution is 0.102. The molecule has 2 heterocycles. The summed E-state index contributed by atoms with van der Waals surface area (Å²) < 4.78 is 12.6. The fourth-order valence-corrected chi connectivity index (χ4v) is 3.71. The molecule has 1 aliphatic rings. The van der Waals surface area contributed by atoms with Gasteiger partial charge in [-0.2, -0.15) is 0 Å². The molecule has 0 aliphatic carbocycles. The van der Waals surface area contributed by atoms with Crippen LogP contribution in [0.5, 0.6) is 11.5 Å². The minimum atomic E-state index is -0.337. The van der Waals surface area contributed by atoms with E-state index in [1.165, 1.54) is 4.57 Å². The summed E-state index contributed by atoms with van der Waals surface area (Å²) in [6.45, 7) is 0.956. The maximum absolute atomic E-state index is 13.2. The van der Waals surface area contributed by atoms with Crippen molar-refractivity contribution in [1.82, 2.24) is 4.57 Å². The topological polar surface area (TPSA) is 69.6 Å². The van der Waals surface area contributed by atoms with Crippen LogP contribution >= 0.6 is 11.6 Å². The Bertz CT molecular complexity index is 1360. The number of amides is 1. The van der Waals surface area contributed by atoms with Gasteiger partial charge in [0.1, 0.15) is 13.2 Å². The highest BCUT2D eigenvalue weighted by Crippen LogP contribution is 2.33. The zero-order valence-corrected chi connectivity index (χ0v) is 17.1. The van der Waals surface area contributed by atoms with Crippen molar-refractivity contribution in [2.45, 2.75) is 0 Å². The minimum absolute atomic E-state index is 0.214. The second-order valence-corrected chi connectivity index (χ2v) is 7.49. The molecule has 4 aromatic rings. The Morgan fingerprint density at radius 3 is 2.39 bits per heavy atom. The molecule has 0 atom stereocenters. The number of nitrogens with one attached hydrogen (secondary N) is 1. The van der Waals surface area contributed by atoms with Crippen LogP contribution in [0.4, 0.5) is 5.69 Å². The van der Waals surface area contributed by atoms with E-state index in [-0.39, 0.29) is 11.5 Å². The van der Waals surface area contributed by atoms with Crippen molar-refractivity contribution in [3.05, 3.63) is 93.9 Å². The molecule has 0 unspecified atom stereocenters. The van der Waals surface area contributed by atoms with Crippen LogP contribution in [0, 0.1) is 0 Å². The van der Waals surface area contributed by atoms with Gasteiger partial charge >= 0.3 is 0 Å². The van der Waals surface area contributed by atoms with E-state index in [4.69, 9.17) is 21.1 Å². The first-order valence-electron chi connectivity index (χ1n) is 9.71. The number of aromatic nitrogens is 1. The van der Waals surface area contributed by atoms with E-state index in [0.717, 1.165) is 0 Å². The van der Waals surface area contributed by atoms with Gasteiger partial charge in [0.25, 0.3) is 11.5 Å². The van der Waals surface area contributed by atoms with Gasteiger partial charge in [0.05, 0.1) is 5.56 Å². The number of hydrogen-bond acceptors (Lipinski definition) is 4. The second-order valence-electron chi connectivity index (χ2n) is 7.05. The molecule has 1 aliphatic heterocycles. The molecule has 5 rings (SSSR count). The summed E-state index contributed by atoms with van der Waals surface area (Å²) in [5, 5.41) is 4.49. The van der Waals surface area contributed by atoms with Crippen molar-refractivity contribution >= 4 is 34.0 Å². The zero-order valence-electron chi connectivity index (χ0n) is 16.3. The summed E-state index contributed by atoms with van der Waals surface area (Å²) in [6.07, 6.45) is 1.56. The third-order valence-electron chi connectivity index (χ3n) is 5.07. The van der Waals surface area contributed by atoms with Crippen molar-refractivity contribution in [3.8, 4) is 17.2 Å². The second kappa shape index (κ2) is 7.81. The SMILES string of the molecule is O=C(Nc1ccc2c(c1)OCCO2)c1cn(-c2ccc(Cl)cc2)c(=O)c2ccccc12. The largest absolute Gasteiger partial charge is 0.486 e. The highest BCUT2D eigenvalue weighted by Gasteiger charge is 2.17. The van der Waals surface area contributed by atoms with E-state index < -0.39 is 0 Å². The third-order valence-corrected chi connectivity index (χ3v) is 5.33. The molecule has 0 saturated heterocycles. The highest BCUT2D eigenvalue weighted by molar-refractivity contribution is 6.30. The quantitative estimate of drug-likeness (QED) is 0.511. The Morgan fingerprint density at radius 1 is 0.903 bits per heavy atom. The number of halogens is 1. The normalized spacial score (nSPS) is 12.5. The van der Waals surface area contributed by atoms with Gasteiger partial charge in [-0.15, -0.1) is 0 Å². The van der Waals surface area contributed by atoms with E-state index in [1.807, 2.05) is 0 Å². The van der Waals surface area contributed by atoms with Gasteiger partial charge in [-0.05, 0) is 42.5 Å². The molecule has 0 fully saturated rings. The molecule has 0 radical (unpaired) electrons. The summed E-state index contributed by atoms with van der Waals surface area (Å²) in [5.41, 5.74) is 1.35. The van der Waals surface area contributed by atoms with Gasteiger partial charge < -0.3 is 14.8 Å². The van der Waals surface area contributed by atoms with Gasteiger partial charge in [0.2, 0.25) is 0 Å². The molecule has 6 nitrogen and oxygen atoms in total. The van der Waals surface area contributed by atoms with Crippen molar-refractivity contribution in [2.24, 2.45) is 0 Å². The van der Waals surface area contributed by atoms with Gasteiger partial charge in [-0.1, -0.05) is 29.8 Å². The maximum Gasteiger partial charge on any atom is 0.262 e. The van der Waals surface area contributed by atoms with E-state index in [9.17, 15) is 9.59 Å². The van der Waals surface area contributed by atoms with Crippen molar-refractivity contribution in [1.29, 1.82) is 0 Å². The number of carbonyl (C=O) groups excluding carboxylic acids is 1. The number of fused-ring (bicyclic) bond motifs is 2. The average Bonchev–Trinajstić information content (AvgIpc) is 2.80. The van der Waals surface area contributed by atoms with E-state index >= 15 is 0 Å². The van der Waals surface area contributed by atoms with Crippen LogP contribution in [0.1, 0.15) is 10.4 Å². The molecule has 0 saturated carbocycles. The van der Waals surface area contributed by atoms with Gasteiger partial charge in [-0.3, -0.25) is 14.2 Å². The molecule has 1 amide bonds. The molecule has 7 heteroatoms. The lowest BCUT2D eigenvalue weighted by Crippen LogP contribution is -2.22. The number of anilines is 1. The van der Waals surface area contributed by atoms with Gasteiger partial charge in [0.15, 0.2) is 11.5 Å². The Kier molecular flexibility index (Phi) is 4.84. The summed E-state index contributed by atoms with van der Waals surface area (Å²) in [6, 6.07) is 19.2. The Hall–Kier alpha value is -3.77. The summed E-state index contributed by atoms with van der Waals surface area (Å²) in [7, 11) is 0. The summed E-state index contributed by atoms with van der Waals surface area (Å²) in [4.78, 5) is 26.3. The molecular formula is C24H17ClN2O4. The fourth-order valence-electron chi connectivity index (χ4n) is 3.59. The highest BCUT2D eigenvalue weighted by atomic mass is 35.5. The molecule has 0 bridgehead atoms. The van der Waals surface area contributed by atoms with Crippen LogP contribution in [0.25, 0.3) is 16.5 Å². The van der Waals surface area contributed by atoms with E-state index in [1.54, 1.807) is 72.9 Å². The monoisotopic (exact) mass is 432 g/mol. The first-order chi connectivity index (χ1) is 15.1. The number of hydrogen-bond donors (Lipinski definition) is 1. The van der Waals surface area contributed by atoms with Crippen LogP contribution in [0.15, 0.2) is 77.7 Å². The number of benzene rings is 3.